The van der Waals surface area contributed by atoms with Crippen molar-refractivity contribution < 1.29 is 14.6 Å². The second-order valence-corrected chi connectivity index (χ2v) is 4.59. The van der Waals surface area contributed by atoms with Gasteiger partial charge in [0.15, 0.2) is 0 Å². The maximum Gasteiger partial charge on any atom is 0.331 e. The lowest BCUT2D eigenvalue weighted by Gasteiger charge is -2.33. The van der Waals surface area contributed by atoms with Crippen molar-refractivity contribution in [3.8, 4) is 0 Å². The van der Waals surface area contributed by atoms with E-state index in [0.717, 1.165) is 12.8 Å². The van der Waals surface area contributed by atoms with E-state index < -0.39 is 24.2 Å². The van der Waals surface area contributed by atoms with Crippen LogP contribution < -0.4 is 5.73 Å². The van der Waals surface area contributed by atoms with Crippen molar-refractivity contribution in [2.45, 2.75) is 57.4 Å². The molecule has 3 atom stereocenters. The number of nitrogens with two attached hydrogens (primary N) is 1. The normalized spacial score (nSPS) is 26.7. The van der Waals surface area contributed by atoms with Gasteiger partial charge in [0.25, 0.3) is 0 Å². The molecule has 0 unspecified atom stereocenters. The molecule has 0 spiro atoms. The monoisotopic (exact) mass is 268 g/mol. The van der Waals surface area contributed by atoms with Crippen LogP contribution >= 0.6 is 0 Å². The smallest absolute Gasteiger partial charge is 0.331 e. The second-order valence-electron chi connectivity index (χ2n) is 4.59. The minimum atomic E-state index is -1.02. The Morgan fingerprint density at radius 3 is 2.79 bits per heavy atom. The van der Waals surface area contributed by atoms with Gasteiger partial charge in [0.1, 0.15) is 0 Å². The van der Waals surface area contributed by atoms with Crippen molar-refractivity contribution in [1.82, 2.24) is 0 Å². The van der Waals surface area contributed by atoms with Crippen LogP contribution in [0.1, 0.15) is 33.1 Å². The van der Waals surface area contributed by atoms with Crippen LogP contribution in [0.5, 0.6) is 0 Å². The first-order chi connectivity index (χ1) is 9.03. The molecule has 0 saturated carbocycles. The van der Waals surface area contributed by atoms with Crippen LogP contribution in [0.15, 0.2) is 16.8 Å². The van der Waals surface area contributed by atoms with Crippen molar-refractivity contribution in [1.29, 1.82) is 0 Å². The van der Waals surface area contributed by atoms with Crippen molar-refractivity contribution in [2.24, 2.45) is 10.8 Å². The van der Waals surface area contributed by atoms with Crippen LogP contribution in [0.25, 0.3) is 10.4 Å². The molecule has 0 aromatic heterocycles. The van der Waals surface area contributed by atoms with Gasteiger partial charge >= 0.3 is 5.97 Å². The Morgan fingerprint density at radius 1 is 1.68 bits per heavy atom. The van der Waals surface area contributed by atoms with E-state index in [2.05, 4.69) is 10.0 Å². The molecule has 0 fully saturated rings. The number of aliphatic carboxylic acids is 1. The molecule has 0 bridgehead atoms. The molecule has 1 rings (SSSR count). The SMILES string of the molecule is CCC(CC)O[C@@H]1C=C(C(=O)O)C[C@H](N=[N+]=[N-])[C@H]1N. The lowest BCUT2D eigenvalue weighted by atomic mass is 9.89. The molecule has 106 valence electrons. The summed E-state index contributed by atoms with van der Waals surface area (Å²) in [6, 6.07) is -1.10. The first-order valence-electron chi connectivity index (χ1n) is 6.42. The van der Waals surface area contributed by atoms with E-state index in [1.54, 1.807) is 0 Å². The number of azide groups is 1. The maximum atomic E-state index is 11.1. The number of ether oxygens (including phenoxy) is 1. The van der Waals surface area contributed by atoms with Crippen LogP contribution in [-0.2, 0) is 9.53 Å². The Hall–Kier alpha value is -1.56. The van der Waals surface area contributed by atoms with E-state index in [-0.39, 0.29) is 18.1 Å². The van der Waals surface area contributed by atoms with Gasteiger partial charge in [0, 0.05) is 16.5 Å². The topological polar surface area (TPSA) is 121 Å². The summed E-state index contributed by atoms with van der Waals surface area (Å²) in [4.78, 5) is 13.8. The lowest BCUT2D eigenvalue weighted by molar-refractivity contribution is -0.133. The summed E-state index contributed by atoms with van der Waals surface area (Å²) in [6.07, 6.45) is 2.81. The third kappa shape index (κ3) is 3.96. The second kappa shape index (κ2) is 7.13. The molecule has 0 saturated heterocycles. The molecule has 19 heavy (non-hydrogen) atoms. The molecule has 7 nitrogen and oxygen atoms in total. The Balaban J connectivity index is 2.94. The zero-order valence-corrected chi connectivity index (χ0v) is 11.2. The van der Waals surface area contributed by atoms with Crippen LogP contribution in [0.3, 0.4) is 0 Å². The average Bonchev–Trinajstić information content (AvgIpc) is 2.39. The van der Waals surface area contributed by atoms with E-state index in [1.165, 1.54) is 6.08 Å². The fourth-order valence-corrected chi connectivity index (χ4v) is 2.13. The van der Waals surface area contributed by atoms with Gasteiger partial charge in [-0.1, -0.05) is 19.0 Å². The van der Waals surface area contributed by atoms with Gasteiger partial charge in [-0.15, -0.1) is 0 Å². The van der Waals surface area contributed by atoms with Gasteiger partial charge < -0.3 is 15.6 Å². The molecule has 0 radical (unpaired) electrons. The number of carbonyl (C=O) groups is 1. The third-order valence-corrected chi connectivity index (χ3v) is 3.35. The molecule has 0 aliphatic heterocycles. The number of hydrogen-bond acceptors (Lipinski definition) is 4. The van der Waals surface area contributed by atoms with Gasteiger partial charge in [0.05, 0.1) is 18.2 Å². The number of carboxylic acids is 1. The quantitative estimate of drug-likeness (QED) is 0.434. The highest BCUT2D eigenvalue weighted by molar-refractivity contribution is 5.87. The predicted octanol–water partition coefficient (Wildman–Crippen LogP) is 1.98. The van der Waals surface area contributed by atoms with E-state index in [4.69, 9.17) is 21.1 Å². The highest BCUT2D eigenvalue weighted by Gasteiger charge is 2.33. The van der Waals surface area contributed by atoms with E-state index in [9.17, 15) is 4.79 Å². The number of carboxylic acid groups (broad SMARTS) is 1. The summed E-state index contributed by atoms with van der Waals surface area (Å²) < 4.78 is 5.81. The summed E-state index contributed by atoms with van der Waals surface area (Å²) in [5, 5.41) is 12.7. The summed E-state index contributed by atoms with van der Waals surface area (Å²) >= 11 is 0. The van der Waals surface area contributed by atoms with E-state index in [0.29, 0.717) is 0 Å². The summed E-state index contributed by atoms with van der Waals surface area (Å²) in [6.45, 7) is 3.99. The van der Waals surface area contributed by atoms with Crippen LogP contribution in [0, 0.1) is 0 Å². The summed E-state index contributed by atoms with van der Waals surface area (Å²) in [5.74, 6) is -1.02. The molecule has 0 amide bonds. The van der Waals surface area contributed by atoms with E-state index >= 15 is 0 Å². The highest BCUT2D eigenvalue weighted by atomic mass is 16.5. The molecule has 7 heteroatoms. The molecular formula is C12H20N4O3. The third-order valence-electron chi connectivity index (χ3n) is 3.35. The molecule has 0 aromatic carbocycles. The molecule has 1 aliphatic rings. The highest BCUT2D eigenvalue weighted by Crippen LogP contribution is 2.25. The standard InChI is InChI=1S/C12H20N4O3/c1-3-8(4-2)19-10-6-7(12(17)18)5-9(11(10)13)15-16-14/h6,8-11H,3-5,13H2,1-2H3,(H,17,18)/t9-,10+,11+/m0/s1. The molecule has 1 aliphatic carbocycles. The molecule has 0 aromatic rings. The maximum absolute atomic E-state index is 11.1. The number of hydrogen-bond donors (Lipinski definition) is 2. The van der Waals surface area contributed by atoms with Gasteiger partial charge in [-0.05, 0) is 30.9 Å². The Labute approximate surface area is 112 Å². The summed E-state index contributed by atoms with van der Waals surface area (Å²) in [7, 11) is 0. The van der Waals surface area contributed by atoms with Crippen LogP contribution in [0.4, 0.5) is 0 Å². The fourth-order valence-electron chi connectivity index (χ4n) is 2.13. The van der Waals surface area contributed by atoms with Crippen LogP contribution in [-0.4, -0.2) is 35.4 Å². The zero-order valence-electron chi connectivity index (χ0n) is 11.2. The first kappa shape index (κ1) is 15.5. The van der Waals surface area contributed by atoms with Crippen molar-refractivity contribution in [3.05, 3.63) is 22.1 Å². The van der Waals surface area contributed by atoms with Crippen LogP contribution in [0.2, 0.25) is 0 Å². The summed E-state index contributed by atoms with van der Waals surface area (Å²) in [5.41, 5.74) is 14.7. The van der Waals surface area contributed by atoms with Crippen molar-refractivity contribution >= 4 is 5.97 Å². The lowest BCUT2D eigenvalue weighted by Crippen LogP contribution is -2.48. The van der Waals surface area contributed by atoms with Gasteiger partial charge in [-0.2, -0.15) is 0 Å². The predicted molar refractivity (Wildman–Crippen MR) is 70.5 cm³/mol. The number of nitrogens with zero attached hydrogens (tertiary/aromatic N) is 3. The first-order valence-corrected chi connectivity index (χ1v) is 6.42. The van der Waals surface area contributed by atoms with Crippen molar-refractivity contribution in [3.63, 3.8) is 0 Å². The minimum absolute atomic E-state index is 0.0205. The van der Waals surface area contributed by atoms with E-state index in [1.807, 2.05) is 13.8 Å². The molecule has 3 N–H and O–H groups in total. The minimum Gasteiger partial charge on any atom is -0.478 e. The number of rotatable bonds is 6. The van der Waals surface area contributed by atoms with Gasteiger partial charge in [-0.3, -0.25) is 0 Å². The Kier molecular flexibility index (Phi) is 5.82. The zero-order chi connectivity index (χ0) is 14.4. The van der Waals surface area contributed by atoms with Gasteiger partial charge in [-0.25, -0.2) is 4.79 Å². The molecular weight excluding hydrogens is 248 g/mol. The Morgan fingerprint density at radius 2 is 2.32 bits per heavy atom. The Bertz CT molecular complexity index is 400. The largest absolute Gasteiger partial charge is 0.478 e. The van der Waals surface area contributed by atoms with Gasteiger partial charge in [0.2, 0.25) is 0 Å². The van der Waals surface area contributed by atoms with Crippen molar-refractivity contribution in [2.75, 3.05) is 0 Å². The molecule has 0 heterocycles. The average molecular weight is 268 g/mol. The fraction of sp³-hybridized carbons (Fsp3) is 0.750.